The molecule has 1 fully saturated rings. The van der Waals surface area contributed by atoms with Crippen molar-refractivity contribution in [1.82, 2.24) is 10.2 Å². The molecular formula is C20H18F2N2O5S2. The number of amides is 3. The Labute approximate surface area is 185 Å². The second-order valence-electron chi connectivity index (χ2n) is 6.31. The van der Waals surface area contributed by atoms with Gasteiger partial charge in [0.2, 0.25) is 0 Å². The zero-order chi connectivity index (χ0) is 22.5. The predicted octanol–water partition coefficient (Wildman–Crippen LogP) is 4.13. The molecule has 0 radical (unpaired) electrons. The van der Waals surface area contributed by atoms with Gasteiger partial charge in [-0.2, -0.15) is 8.78 Å². The summed E-state index contributed by atoms with van der Waals surface area (Å²) in [6, 6.07) is 6.03. The van der Waals surface area contributed by atoms with E-state index in [-0.39, 0.29) is 35.4 Å². The van der Waals surface area contributed by atoms with E-state index in [0.717, 1.165) is 22.2 Å². The van der Waals surface area contributed by atoms with Gasteiger partial charge in [0.05, 0.1) is 16.9 Å². The molecule has 1 aromatic carbocycles. The SMILES string of the molecule is COc1cc(/C=C2\SC(=O)N(CCNC(=O)c3sccc3C)C2=O)ccc1OC(F)F. The van der Waals surface area contributed by atoms with Crippen molar-refractivity contribution in [3.8, 4) is 11.5 Å². The smallest absolute Gasteiger partial charge is 0.387 e. The van der Waals surface area contributed by atoms with Crippen molar-refractivity contribution >= 4 is 46.2 Å². The Balaban J connectivity index is 1.65. The standard InChI is InChI=1S/C20H18F2N2O5S2/c1-11-5-8-30-16(11)17(25)23-6-7-24-18(26)15(31-20(24)27)10-12-3-4-13(29-19(21)22)14(9-12)28-2/h3-5,8-10,19H,6-7H2,1-2H3,(H,23,25)/b15-10-. The summed E-state index contributed by atoms with van der Waals surface area (Å²) < 4.78 is 34.3. The van der Waals surface area contributed by atoms with Gasteiger partial charge < -0.3 is 14.8 Å². The molecule has 2 heterocycles. The lowest BCUT2D eigenvalue weighted by molar-refractivity contribution is -0.122. The third-order valence-electron chi connectivity index (χ3n) is 4.26. The van der Waals surface area contributed by atoms with E-state index in [1.54, 1.807) is 0 Å². The molecule has 1 aliphatic rings. The molecule has 3 amide bonds. The number of carbonyl (C=O) groups excluding carboxylic acids is 3. The molecule has 31 heavy (non-hydrogen) atoms. The van der Waals surface area contributed by atoms with E-state index in [4.69, 9.17) is 4.74 Å². The first-order valence-corrected chi connectivity index (χ1v) is 10.7. The zero-order valence-electron chi connectivity index (χ0n) is 16.5. The van der Waals surface area contributed by atoms with Gasteiger partial charge in [-0.3, -0.25) is 19.3 Å². The highest BCUT2D eigenvalue weighted by atomic mass is 32.2. The number of methoxy groups -OCH3 is 1. The molecule has 0 unspecified atom stereocenters. The van der Waals surface area contributed by atoms with Crippen molar-refractivity contribution in [3.63, 3.8) is 0 Å². The molecule has 0 saturated carbocycles. The first-order valence-electron chi connectivity index (χ1n) is 9.00. The van der Waals surface area contributed by atoms with Gasteiger partial charge in [0.1, 0.15) is 0 Å². The maximum Gasteiger partial charge on any atom is 0.387 e. The van der Waals surface area contributed by atoms with Crippen molar-refractivity contribution in [3.05, 3.63) is 50.6 Å². The first-order chi connectivity index (χ1) is 14.8. The summed E-state index contributed by atoms with van der Waals surface area (Å²) in [6.07, 6.45) is 1.47. The van der Waals surface area contributed by atoms with Crippen LogP contribution in [0.15, 0.2) is 34.6 Å². The highest BCUT2D eigenvalue weighted by Crippen LogP contribution is 2.34. The first kappa shape index (κ1) is 22.8. The summed E-state index contributed by atoms with van der Waals surface area (Å²) >= 11 is 2.08. The molecule has 0 aliphatic carbocycles. The number of hydrogen-bond donors (Lipinski definition) is 1. The molecule has 1 N–H and O–H groups in total. The maximum atomic E-state index is 12.6. The molecule has 164 valence electrons. The Kier molecular flexibility index (Phi) is 7.29. The maximum absolute atomic E-state index is 12.6. The van der Waals surface area contributed by atoms with Crippen molar-refractivity contribution in [2.45, 2.75) is 13.5 Å². The molecule has 11 heteroatoms. The zero-order valence-corrected chi connectivity index (χ0v) is 18.1. The number of thiophene rings is 1. The van der Waals surface area contributed by atoms with E-state index in [2.05, 4.69) is 10.1 Å². The van der Waals surface area contributed by atoms with Crippen LogP contribution < -0.4 is 14.8 Å². The fraction of sp³-hybridized carbons (Fsp3) is 0.250. The van der Waals surface area contributed by atoms with Gasteiger partial charge in [0.25, 0.3) is 17.1 Å². The van der Waals surface area contributed by atoms with Gasteiger partial charge in [0.15, 0.2) is 11.5 Å². The number of alkyl halides is 2. The van der Waals surface area contributed by atoms with Crippen molar-refractivity contribution in [1.29, 1.82) is 0 Å². The fourth-order valence-electron chi connectivity index (χ4n) is 2.78. The topological polar surface area (TPSA) is 84.9 Å². The highest BCUT2D eigenvalue weighted by molar-refractivity contribution is 8.18. The van der Waals surface area contributed by atoms with Crippen LogP contribution in [0.2, 0.25) is 0 Å². The van der Waals surface area contributed by atoms with Crippen LogP contribution in [0.5, 0.6) is 11.5 Å². The van der Waals surface area contributed by atoms with Crippen LogP contribution in [0.25, 0.3) is 6.08 Å². The quantitative estimate of drug-likeness (QED) is 0.587. The Hall–Kier alpha value is -2.92. The van der Waals surface area contributed by atoms with Gasteiger partial charge in [-0.15, -0.1) is 11.3 Å². The summed E-state index contributed by atoms with van der Waals surface area (Å²) in [6.45, 7) is -1.02. The average Bonchev–Trinajstić information content (AvgIpc) is 3.26. The molecule has 2 aromatic rings. The van der Waals surface area contributed by atoms with Crippen LogP contribution >= 0.6 is 23.1 Å². The lowest BCUT2D eigenvalue weighted by Gasteiger charge is -2.13. The van der Waals surface area contributed by atoms with Crippen LogP contribution in [0.1, 0.15) is 20.8 Å². The van der Waals surface area contributed by atoms with E-state index in [1.165, 1.54) is 42.7 Å². The number of hydrogen-bond acceptors (Lipinski definition) is 7. The Morgan fingerprint density at radius 2 is 2.03 bits per heavy atom. The molecule has 1 saturated heterocycles. The third-order valence-corrected chi connectivity index (χ3v) is 6.19. The number of ether oxygens (including phenoxy) is 2. The number of carbonyl (C=O) groups is 3. The van der Waals surface area contributed by atoms with E-state index < -0.39 is 17.8 Å². The number of benzene rings is 1. The molecule has 1 aliphatic heterocycles. The minimum atomic E-state index is -3.00. The van der Waals surface area contributed by atoms with Gasteiger partial charge in [-0.05, 0) is 59.5 Å². The van der Waals surface area contributed by atoms with E-state index in [1.807, 2.05) is 18.4 Å². The van der Waals surface area contributed by atoms with Crippen LogP contribution in [0, 0.1) is 6.92 Å². The van der Waals surface area contributed by atoms with Crippen LogP contribution in [0.3, 0.4) is 0 Å². The lowest BCUT2D eigenvalue weighted by Crippen LogP contribution is -2.37. The van der Waals surface area contributed by atoms with Gasteiger partial charge in [-0.25, -0.2) is 0 Å². The van der Waals surface area contributed by atoms with Crippen molar-refractivity contribution in [2.24, 2.45) is 0 Å². The van der Waals surface area contributed by atoms with Gasteiger partial charge in [-0.1, -0.05) is 6.07 Å². The Morgan fingerprint density at radius 1 is 1.26 bits per heavy atom. The lowest BCUT2D eigenvalue weighted by atomic mass is 10.2. The molecule has 1 aromatic heterocycles. The Morgan fingerprint density at radius 3 is 2.68 bits per heavy atom. The normalized spacial score (nSPS) is 15.1. The predicted molar refractivity (Wildman–Crippen MR) is 114 cm³/mol. The molecule has 0 bridgehead atoms. The molecular weight excluding hydrogens is 450 g/mol. The number of halogens is 2. The summed E-state index contributed by atoms with van der Waals surface area (Å²) in [5.74, 6) is -0.823. The Bertz CT molecular complexity index is 1040. The molecule has 7 nitrogen and oxygen atoms in total. The molecule has 0 spiro atoms. The van der Waals surface area contributed by atoms with Crippen LogP contribution in [-0.2, 0) is 4.79 Å². The second-order valence-corrected chi connectivity index (χ2v) is 8.22. The number of nitrogens with zero attached hydrogens (tertiary/aromatic N) is 1. The number of aryl methyl sites for hydroxylation is 1. The van der Waals surface area contributed by atoms with E-state index >= 15 is 0 Å². The number of imide groups is 1. The average molecular weight is 469 g/mol. The monoisotopic (exact) mass is 468 g/mol. The number of nitrogens with one attached hydrogen (secondary N) is 1. The largest absolute Gasteiger partial charge is 0.493 e. The second kappa shape index (κ2) is 9.92. The summed E-state index contributed by atoms with van der Waals surface area (Å²) in [7, 11) is 1.30. The minimum absolute atomic E-state index is 0.0304. The summed E-state index contributed by atoms with van der Waals surface area (Å²) in [4.78, 5) is 38.8. The molecule has 0 atom stereocenters. The van der Waals surface area contributed by atoms with E-state index in [9.17, 15) is 23.2 Å². The highest BCUT2D eigenvalue weighted by Gasteiger charge is 2.34. The van der Waals surface area contributed by atoms with Crippen LogP contribution in [0.4, 0.5) is 13.6 Å². The summed E-state index contributed by atoms with van der Waals surface area (Å²) in [5.41, 5.74) is 1.34. The number of rotatable bonds is 8. The minimum Gasteiger partial charge on any atom is -0.493 e. The fourth-order valence-corrected chi connectivity index (χ4v) is 4.48. The third kappa shape index (κ3) is 5.42. The van der Waals surface area contributed by atoms with Gasteiger partial charge >= 0.3 is 6.61 Å². The molecule has 3 rings (SSSR count). The van der Waals surface area contributed by atoms with Crippen molar-refractivity contribution < 1.29 is 32.6 Å². The van der Waals surface area contributed by atoms with Crippen LogP contribution in [-0.4, -0.2) is 48.8 Å². The van der Waals surface area contributed by atoms with E-state index in [0.29, 0.717) is 10.4 Å². The number of thioether (sulfide) groups is 1. The summed E-state index contributed by atoms with van der Waals surface area (Å²) in [5, 5.41) is 4.06. The van der Waals surface area contributed by atoms with Gasteiger partial charge in [0, 0.05) is 13.1 Å². The van der Waals surface area contributed by atoms with Crippen molar-refractivity contribution in [2.75, 3.05) is 20.2 Å².